The summed E-state index contributed by atoms with van der Waals surface area (Å²) in [5, 5.41) is 11.2. The highest BCUT2D eigenvalue weighted by Gasteiger charge is 2.34. The van der Waals surface area contributed by atoms with Crippen molar-refractivity contribution in [1.82, 2.24) is 9.80 Å². The molecule has 0 bridgehead atoms. The number of rotatable bonds is 7. The van der Waals surface area contributed by atoms with Gasteiger partial charge in [0.25, 0.3) is 5.91 Å². The van der Waals surface area contributed by atoms with Gasteiger partial charge >= 0.3 is 0 Å². The number of nitrogens with zero attached hydrogens (tertiary/aromatic N) is 2. The van der Waals surface area contributed by atoms with Gasteiger partial charge in [-0.15, -0.1) is 11.3 Å². The van der Waals surface area contributed by atoms with E-state index in [1.54, 1.807) is 6.08 Å². The molecule has 2 amide bonds. The lowest BCUT2D eigenvalue weighted by Crippen LogP contribution is -2.42. The van der Waals surface area contributed by atoms with Crippen LogP contribution >= 0.6 is 35.3 Å². The lowest BCUT2D eigenvalue weighted by Gasteiger charge is -2.24. The van der Waals surface area contributed by atoms with E-state index in [-0.39, 0.29) is 31.5 Å². The second-order valence-electron chi connectivity index (χ2n) is 5.81. The molecule has 0 radical (unpaired) electrons. The number of thiocarbonyl (C=S) groups is 1. The minimum Gasteiger partial charge on any atom is -0.395 e. The van der Waals surface area contributed by atoms with Crippen molar-refractivity contribution in [3.63, 3.8) is 0 Å². The molecule has 0 unspecified atom stereocenters. The molecule has 1 aromatic heterocycles. The molecule has 3 rings (SSSR count). The molecule has 140 valence electrons. The van der Waals surface area contributed by atoms with Crippen LogP contribution in [0.25, 0.3) is 6.08 Å². The van der Waals surface area contributed by atoms with E-state index in [0.717, 1.165) is 10.4 Å². The third-order valence-corrected chi connectivity index (χ3v) is 6.12. The van der Waals surface area contributed by atoms with Crippen molar-refractivity contribution in [2.75, 3.05) is 19.7 Å². The third kappa shape index (κ3) is 5.04. The van der Waals surface area contributed by atoms with Crippen molar-refractivity contribution in [3.05, 3.63) is 63.2 Å². The lowest BCUT2D eigenvalue weighted by molar-refractivity contribution is -0.136. The maximum absolute atomic E-state index is 12.7. The van der Waals surface area contributed by atoms with Crippen LogP contribution in [0, 0.1) is 0 Å². The molecule has 2 heterocycles. The number of carbonyl (C=O) groups excluding carboxylic acids is 2. The number of hydrogen-bond donors (Lipinski definition) is 1. The summed E-state index contributed by atoms with van der Waals surface area (Å²) in [5.74, 6) is -0.503. The van der Waals surface area contributed by atoms with Crippen molar-refractivity contribution in [3.8, 4) is 0 Å². The van der Waals surface area contributed by atoms with Crippen molar-refractivity contribution >= 4 is 57.5 Å². The highest BCUT2D eigenvalue weighted by molar-refractivity contribution is 8.26. The van der Waals surface area contributed by atoms with E-state index in [0.29, 0.717) is 15.8 Å². The number of amides is 2. The van der Waals surface area contributed by atoms with E-state index in [9.17, 15) is 14.7 Å². The Balaban J connectivity index is 1.69. The molecular weight excluding hydrogens is 400 g/mol. The Morgan fingerprint density at radius 1 is 1.22 bits per heavy atom. The van der Waals surface area contributed by atoms with Gasteiger partial charge in [-0.2, -0.15) is 0 Å². The Bertz CT molecular complexity index is 850. The molecule has 0 saturated carbocycles. The number of hydrogen-bond acceptors (Lipinski definition) is 6. The maximum Gasteiger partial charge on any atom is 0.266 e. The zero-order chi connectivity index (χ0) is 19.2. The first-order valence-electron chi connectivity index (χ1n) is 8.30. The fourth-order valence-electron chi connectivity index (χ4n) is 2.59. The second kappa shape index (κ2) is 9.27. The molecule has 0 spiro atoms. The maximum atomic E-state index is 12.7. The summed E-state index contributed by atoms with van der Waals surface area (Å²) in [6, 6.07) is 13.4. The Kier molecular flexibility index (Phi) is 6.78. The van der Waals surface area contributed by atoms with Gasteiger partial charge in [0.2, 0.25) is 5.91 Å². The van der Waals surface area contributed by atoms with E-state index in [1.165, 1.54) is 32.9 Å². The summed E-state index contributed by atoms with van der Waals surface area (Å²) in [5.41, 5.74) is 0.960. The molecular formula is C19H18N2O3S3. The molecule has 1 saturated heterocycles. The van der Waals surface area contributed by atoms with Crippen LogP contribution in [0.5, 0.6) is 0 Å². The minimum absolute atomic E-state index is 0.126. The molecule has 1 fully saturated rings. The van der Waals surface area contributed by atoms with Gasteiger partial charge in [0.1, 0.15) is 10.9 Å². The number of thiophene rings is 1. The van der Waals surface area contributed by atoms with Crippen LogP contribution in [0.3, 0.4) is 0 Å². The Morgan fingerprint density at radius 3 is 2.67 bits per heavy atom. The molecule has 0 aliphatic carbocycles. The Labute approximate surface area is 171 Å². The summed E-state index contributed by atoms with van der Waals surface area (Å²) >= 11 is 8.04. The molecule has 27 heavy (non-hydrogen) atoms. The van der Waals surface area contributed by atoms with Gasteiger partial charge in [-0.05, 0) is 23.1 Å². The van der Waals surface area contributed by atoms with Gasteiger partial charge in [0.15, 0.2) is 0 Å². The summed E-state index contributed by atoms with van der Waals surface area (Å²) in [4.78, 5) is 29.7. The first kappa shape index (κ1) is 19.8. The molecule has 5 nitrogen and oxygen atoms in total. The molecule has 2 aromatic rings. The van der Waals surface area contributed by atoms with Crippen LogP contribution in [0.4, 0.5) is 0 Å². The number of aliphatic hydroxyl groups is 1. The molecule has 1 aliphatic heterocycles. The number of aliphatic hydroxyl groups excluding tert-OH is 1. The SMILES string of the molecule is O=C(CN1C(=O)/C(=C\c2cccs2)SC1=S)N(CCO)Cc1ccccc1. The Morgan fingerprint density at radius 2 is 2.00 bits per heavy atom. The molecule has 8 heteroatoms. The topological polar surface area (TPSA) is 60.9 Å². The van der Waals surface area contributed by atoms with Crippen LogP contribution in [0.1, 0.15) is 10.4 Å². The predicted octanol–water partition coefficient (Wildman–Crippen LogP) is 2.97. The summed E-state index contributed by atoms with van der Waals surface area (Å²) < 4.78 is 0.375. The average molecular weight is 419 g/mol. The largest absolute Gasteiger partial charge is 0.395 e. The van der Waals surface area contributed by atoms with E-state index in [4.69, 9.17) is 12.2 Å². The van der Waals surface area contributed by atoms with Crippen LogP contribution < -0.4 is 0 Å². The average Bonchev–Trinajstić information content (AvgIpc) is 3.26. The van der Waals surface area contributed by atoms with E-state index in [2.05, 4.69) is 0 Å². The van der Waals surface area contributed by atoms with Crippen LogP contribution in [0.2, 0.25) is 0 Å². The monoisotopic (exact) mass is 418 g/mol. The van der Waals surface area contributed by atoms with Crippen molar-refractivity contribution in [2.45, 2.75) is 6.54 Å². The first-order chi connectivity index (χ1) is 13.1. The fraction of sp³-hybridized carbons (Fsp3) is 0.211. The van der Waals surface area contributed by atoms with Crippen LogP contribution in [-0.4, -0.2) is 50.7 Å². The van der Waals surface area contributed by atoms with E-state index >= 15 is 0 Å². The quantitative estimate of drug-likeness (QED) is 0.553. The third-order valence-electron chi connectivity index (χ3n) is 3.92. The van der Waals surface area contributed by atoms with Gasteiger partial charge in [0.05, 0.1) is 11.5 Å². The molecule has 1 aromatic carbocycles. The smallest absolute Gasteiger partial charge is 0.266 e. The fourth-order valence-corrected chi connectivity index (χ4v) is 4.57. The number of benzene rings is 1. The normalized spacial score (nSPS) is 15.6. The van der Waals surface area contributed by atoms with Crippen molar-refractivity contribution in [2.24, 2.45) is 0 Å². The summed E-state index contributed by atoms with van der Waals surface area (Å²) in [6.45, 7) is 0.308. The zero-order valence-electron chi connectivity index (χ0n) is 14.4. The van der Waals surface area contributed by atoms with Gasteiger partial charge in [-0.3, -0.25) is 14.5 Å². The van der Waals surface area contributed by atoms with Crippen molar-refractivity contribution < 1.29 is 14.7 Å². The van der Waals surface area contributed by atoms with Crippen LogP contribution in [0.15, 0.2) is 52.7 Å². The molecule has 1 N–H and O–H groups in total. The van der Waals surface area contributed by atoms with Gasteiger partial charge in [0, 0.05) is 18.0 Å². The summed E-state index contributed by atoms with van der Waals surface area (Å²) in [7, 11) is 0. The van der Waals surface area contributed by atoms with E-state index in [1.807, 2.05) is 47.8 Å². The number of carbonyl (C=O) groups is 2. The highest BCUT2D eigenvalue weighted by Crippen LogP contribution is 2.33. The predicted molar refractivity (Wildman–Crippen MR) is 113 cm³/mol. The van der Waals surface area contributed by atoms with Gasteiger partial charge < -0.3 is 10.0 Å². The number of thioether (sulfide) groups is 1. The van der Waals surface area contributed by atoms with Crippen molar-refractivity contribution in [1.29, 1.82) is 0 Å². The van der Waals surface area contributed by atoms with Gasteiger partial charge in [-0.1, -0.05) is 60.4 Å². The van der Waals surface area contributed by atoms with Gasteiger partial charge in [-0.25, -0.2) is 0 Å². The van der Waals surface area contributed by atoms with E-state index < -0.39 is 0 Å². The lowest BCUT2D eigenvalue weighted by atomic mass is 10.2. The standard InChI is InChI=1S/C19H18N2O3S3/c22-9-8-20(12-14-5-2-1-3-6-14)17(23)13-21-18(24)16(27-19(21)25)11-15-7-4-10-26-15/h1-7,10-11,22H,8-9,12-13H2/b16-11+. The second-order valence-corrected chi connectivity index (χ2v) is 8.46. The Hall–Kier alpha value is -2.00. The van der Waals surface area contributed by atoms with Crippen LogP contribution in [-0.2, 0) is 16.1 Å². The summed E-state index contributed by atoms with van der Waals surface area (Å²) in [6.07, 6.45) is 1.80. The molecule has 1 aliphatic rings. The molecule has 0 atom stereocenters. The first-order valence-corrected chi connectivity index (χ1v) is 10.4. The minimum atomic E-state index is -0.254. The highest BCUT2D eigenvalue weighted by atomic mass is 32.2. The zero-order valence-corrected chi connectivity index (χ0v) is 16.9.